The number of nitrogens with one attached hydrogen (secondary N) is 1. The van der Waals surface area contributed by atoms with Crippen molar-refractivity contribution in [3.63, 3.8) is 0 Å². The topological polar surface area (TPSA) is 71.3 Å². The van der Waals surface area contributed by atoms with E-state index in [0.29, 0.717) is 17.5 Å². The number of nitrogens with zero attached hydrogens (tertiary/aromatic N) is 1. The molecule has 0 fully saturated rings. The van der Waals surface area contributed by atoms with Crippen LogP contribution in [0.1, 0.15) is 24.1 Å². The number of hydrogen-bond acceptors (Lipinski definition) is 3. The molecule has 1 atom stereocenters. The van der Waals surface area contributed by atoms with Crippen molar-refractivity contribution in [2.75, 3.05) is 11.9 Å². The number of alkyl halides is 3. The average Bonchev–Trinajstić information content (AvgIpc) is 2.70. The Balaban J connectivity index is 1.91. The van der Waals surface area contributed by atoms with E-state index in [9.17, 15) is 32.3 Å². The smallest absolute Gasteiger partial charge is 0.394 e. The lowest BCUT2D eigenvalue weighted by Gasteiger charge is -2.16. The summed E-state index contributed by atoms with van der Waals surface area (Å²) in [6.07, 6.45) is -3.78. The molecule has 31 heavy (non-hydrogen) atoms. The summed E-state index contributed by atoms with van der Waals surface area (Å²) in [5, 5.41) is 12.5. The van der Waals surface area contributed by atoms with Gasteiger partial charge in [0.15, 0.2) is 0 Å². The molecule has 3 aromatic rings. The summed E-state index contributed by atoms with van der Waals surface area (Å²) < 4.78 is 53.4. The van der Waals surface area contributed by atoms with Gasteiger partial charge in [-0.1, -0.05) is 17.7 Å². The Labute approximate surface area is 178 Å². The second-order valence-electron chi connectivity index (χ2n) is 6.97. The Morgan fingerprint density at radius 3 is 2.52 bits per heavy atom. The first-order valence-corrected chi connectivity index (χ1v) is 9.50. The summed E-state index contributed by atoms with van der Waals surface area (Å²) in [4.78, 5) is 25.1. The van der Waals surface area contributed by atoms with Crippen LogP contribution in [-0.4, -0.2) is 22.2 Å². The first-order chi connectivity index (χ1) is 14.5. The Bertz CT molecular complexity index is 1210. The Morgan fingerprint density at radius 1 is 1.19 bits per heavy atom. The first kappa shape index (κ1) is 22.8. The maximum absolute atomic E-state index is 14.0. The van der Waals surface area contributed by atoms with Crippen LogP contribution in [0.3, 0.4) is 0 Å². The lowest BCUT2D eigenvalue weighted by atomic mass is 10.1. The minimum atomic E-state index is -4.70. The third-order valence-corrected chi connectivity index (χ3v) is 5.11. The van der Waals surface area contributed by atoms with Gasteiger partial charge in [-0.25, -0.2) is 4.39 Å². The van der Waals surface area contributed by atoms with Crippen LogP contribution >= 0.6 is 11.6 Å². The number of rotatable bonds is 5. The number of carbonyl (C=O) groups is 1. The zero-order valence-corrected chi connectivity index (χ0v) is 16.9. The van der Waals surface area contributed by atoms with Crippen LogP contribution in [0.4, 0.5) is 23.2 Å². The number of hydrogen-bond donors (Lipinski definition) is 2. The van der Waals surface area contributed by atoms with Gasteiger partial charge < -0.3 is 15.0 Å². The SMILES string of the molecule is CC(CO)n1ccc2c(NC(=O)Cc3ccc(C(F)(F)F)cc3F)c(Cl)ccc2c1=O. The normalized spacial score (nSPS) is 12.7. The summed E-state index contributed by atoms with van der Waals surface area (Å²) in [5.74, 6) is -1.88. The van der Waals surface area contributed by atoms with E-state index in [1.807, 2.05) is 0 Å². The number of amides is 1. The molecule has 2 N–H and O–H groups in total. The summed E-state index contributed by atoms with van der Waals surface area (Å²) in [7, 11) is 0. The number of carbonyl (C=O) groups excluding carboxylic acids is 1. The summed E-state index contributed by atoms with van der Waals surface area (Å²) >= 11 is 6.17. The Morgan fingerprint density at radius 2 is 1.90 bits per heavy atom. The van der Waals surface area contributed by atoms with Gasteiger partial charge in [0.25, 0.3) is 5.56 Å². The highest BCUT2D eigenvalue weighted by atomic mass is 35.5. The third kappa shape index (κ3) is 4.72. The fourth-order valence-corrected chi connectivity index (χ4v) is 3.31. The Kier molecular flexibility index (Phi) is 6.38. The van der Waals surface area contributed by atoms with Crippen LogP contribution in [0, 0.1) is 5.82 Å². The molecule has 0 aliphatic heterocycles. The molecule has 5 nitrogen and oxygen atoms in total. The fraction of sp³-hybridized carbons (Fsp3) is 0.238. The van der Waals surface area contributed by atoms with E-state index < -0.39 is 41.5 Å². The molecule has 0 saturated carbocycles. The van der Waals surface area contributed by atoms with Gasteiger partial charge in [0.05, 0.1) is 35.3 Å². The van der Waals surface area contributed by atoms with Gasteiger partial charge >= 0.3 is 6.18 Å². The van der Waals surface area contributed by atoms with Gasteiger partial charge in [0.2, 0.25) is 5.91 Å². The van der Waals surface area contributed by atoms with Crippen molar-refractivity contribution in [1.29, 1.82) is 0 Å². The van der Waals surface area contributed by atoms with Crippen LogP contribution in [0.5, 0.6) is 0 Å². The van der Waals surface area contributed by atoms with Gasteiger partial charge in [0.1, 0.15) is 5.82 Å². The quantitative estimate of drug-likeness (QED) is 0.553. The lowest BCUT2D eigenvalue weighted by molar-refractivity contribution is -0.137. The van der Waals surface area contributed by atoms with Crippen LogP contribution in [0.2, 0.25) is 5.02 Å². The highest BCUT2D eigenvalue weighted by molar-refractivity contribution is 6.35. The van der Waals surface area contributed by atoms with Gasteiger partial charge in [-0.05, 0) is 42.8 Å². The molecule has 1 heterocycles. The monoisotopic (exact) mass is 456 g/mol. The van der Waals surface area contributed by atoms with Gasteiger partial charge in [0, 0.05) is 17.0 Å². The zero-order valence-electron chi connectivity index (χ0n) is 16.1. The number of pyridine rings is 1. The van der Waals surface area contributed by atoms with Crippen molar-refractivity contribution in [3.8, 4) is 0 Å². The van der Waals surface area contributed by atoms with E-state index in [-0.39, 0.29) is 28.3 Å². The number of anilines is 1. The second kappa shape index (κ2) is 8.68. The van der Waals surface area contributed by atoms with Crippen molar-refractivity contribution in [3.05, 3.63) is 74.9 Å². The number of halogens is 5. The molecule has 0 bridgehead atoms. The molecular formula is C21H17ClF4N2O3. The van der Waals surface area contributed by atoms with Crippen molar-refractivity contribution in [1.82, 2.24) is 4.57 Å². The second-order valence-corrected chi connectivity index (χ2v) is 7.38. The number of fused-ring (bicyclic) bond motifs is 1. The van der Waals surface area contributed by atoms with Gasteiger partial charge in [-0.15, -0.1) is 0 Å². The molecule has 2 aromatic carbocycles. The minimum absolute atomic E-state index is 0.123. The van der Waals surface area contributed by atoms with Crippen LogP contribution in [-0.2, 0) is 17.4 Å². The number of aromatic nitrogens is 1. The van der Waals surface area contributed by atoms with Crippen LogP contribution < -0.4 is 10.9 Å². The van der Waals surface area contributed by atoms with Gasteiger partial charge in [-0.2, -0.15) is 13.2 Å². The maximum Gasteiger partial charge on any atom is 0.416 e. The molecule has 164 valence electrons. The predicted molar refractivity (Wildman–Crippen MR) is 109 cm³/mol. The lowest BCUT2D eigenvalue weighted by Crippen LogP contribution is -2.25. The molecule has 0 aliphatic rings. The molecule has 3 rings (SSSR count). The molecule has 10 heteroatoms. The van der Waals surface area contributed by atoms with Crippen molar-refractivity contribution in [2.45, 2.75) is 25.6 Å². The fourth-order valence-electron chi connectivity index (χ4n) is 3.10. The molecule has 1 aromatic heterocycles. The number of aliphatic hydroxyl groups excluding tert-OH is 1. The van der Waals surface area contributed by atoms with E-state index >= 15 is 0 Å². The summed E-state index contributed by atoms with van der Waals surface area (Å²) in [6.45, 7) is 1.41. The average molecular weight is 457 g/mol. The van der Waals surface area contributed by atoms with Crippen molar-refractivity contribution < 1.29 is 27.5 Å². The van der Waals surface area contributed by atoms with Crippen LogP contribution in [0.25, 0.3) is 10.8 Å². The predicted octanol–water partition coefficient (Wildman–Crippen LogP) is 4.55. The maximum atomic E-state index is 14.0. The van der Waals surface area contributed by atoms with Crippen molar-refractivity contribution >= 4 is 34.0 Å². The van der Waals surface area contributed by atoms with E-state index in [0.717, 1.165) is 6.07 Å². The molecular weight excluding hydrogens is 440 g/mol. The van der Waals surface area contributed by atoms with Crippen LogP contribution in [0.15, 0.2) is 47.4 Å². The highest BCUT2D eigenvalue weighted by Gasteiger charge is 2.31. The minimum Gasteiger partial charge on any atom is -0.394 e. The van der Waals surface area contributed by atoms with E-state index in [1.54, 1.807) is 13.0 Å². The van der Waals surface area contributed by atoms with E-state index in [4.69, 9.17) is 11.6 Å². The van der Waals surface area contributed by atoms with Crippen molar-refractivity contribution in [2.24, 2.45) is 0 Å². The molecule has 1 unspecified atom stereocenters. The molecule has 0 saturated heterocycles. The summed E-state index contributed by atoms with van der Waals surface area (Å²) in [6, 6.07) is 5.90. The third-order valence-electron chi connectivity index (χ3n) is 4.80. The molecule has 0 spiro atoms. The number of aliphatic hydroxyl groups is 1. The summed E-state index contributed by atoms with van der Waals surface area (Å²) in [5.41, 5.74) is -1.65. The first-order valence-electron chi connectivity index (χ1n) is 9.12. The molecule has 0 aliphatic carbocycles. The zero-order chi connectivity index (χ0) is 22.9. The van der Waals surface area contributed by atoms with Gasteiger partial charge in [-0.3, -0.25) is 9.59 Å². The van der Waals surface area contributed by atoms with E-state index in [1.165, 1.54) is 22.9 Å². The van der Waals surface area contributed by atoms with E-state index in [2.05, 4.69) is 5.32 Å². The largest absolute Gasteiger partial charge is 0.416 e. The Hall–Kier alpha value is -2.91. The number of benzene rings is 2. The molecule has 1 amide bonds. The standard InChI is InChI=1S/C21H17ClF4N2O3/c1-11(10-29)28-7-6-14-15(20(28)31)4-5-16(22)19(14)27-18(30)8-12-2-3-13(9-17(12)23)21(24,25)26/h2-7,9,11,29H,8,10H2,1H3,(H,27,30). The molecule has 0 radical (unpaired) electrons. The highest BCUT2D eigenvalue weighted by Crippen LogP contribution is 2.32.